The van der Waals surface area contributed by atoms with Gasteiger partial charge in [0.05, 0.1) is 12.6 Å². The van der Waals surface area contributed by atoms with Gasteiger partial charge in [-0.25, -0.2) is 0 Å². The number of nitrogens with one attached hydrogen (secondary N) is 1. The van der Waals surface area contributed by atoms with Crippen molar-refractivity contribution in [1.29, 1.82) is 5.26 Å². The molecule has 2 aliphatic heterocycles. The molecule has 0 radical (unpaired) electrons. The highest BCUT2D eigenvalue weighted by Gasteiger charge is 2.32. The van der Waals surface area contributed by atoms with Gasteiger partial charge in [0, 0.05) is 12.6 Å². The van der Waals surface area contributed by atoms with Crippen molar-refractivity contribution in [3.8, 4) is 6.07 Å². The lowest BCUT2D eigenvalue weighted by molar-refractivity contribution is -0.124. The molecule has 2 fully saturated rings. The lowest BCUT2D eigenvalue weighted by atomic mass is 9.90. The molecule has 0 aliphatic carbocycles. The summed E-state index contributed by atoms with van der Waals surface area (Å²) in [6.07, 6.45) is 7.75. The SMILES string of the molecule is CC(C)[C@](C)(C#N)NC(=O)CN1CCC[C@@H](N2CCCCCC2)C1. The third kappa shape index (κ3) is 5.19. The summed E-state index contributed by atoms with van der Waals surface area (Å²) in [6.45, 7) is 10.6. The zero-order valence-electron chi connectivity index (χ0n) is 15.7. The summed E-state index contributed by atoms with van der Waals surface area (Å²) in [4.78, 5) is 17.3. The molecule has 2 aliphatic rings. The topological polar surface area (TPSA) is 59.4 Å². The molecule has 0 bridgehead atoms. The van der Waals surface area contributed by atoms with Crippen LogP contribution in [0.25, 0.3) is 0 Å². The van der Waals surface area contributed by atoms with Crippen molar-refractivity contribution in [1.82, 2.24) is 15.1 Å². The maximum atomic E-state index is 12.4. The van der Waals surface area contributed by atoms with Gasteiger partial charge in [-0.05, 0) is 58.2 Å². The van der Waals surface area contributed by atoms with Gasteiger partial charge in [-0.3, -0.25) is 14.6 Å². The first-order chi connectivity index (χ1) is 11.4. The zero-order chi connectivity index (χ0) is 17.6. The smallest absolute Gasteiger partial charge is 0.235 e. The van der Waals surface area contributed by atoms with E-state index in [1.54, 1.807) is 0 Å². The summed E-state index contributed by atoms with van der Waals surface area (Å²) in [5, 5.41) is 12.3. The third-order valence-electron chi connectivity index (χ3n) is 5.79. The van der Waals surface area contributed by atoms with Crippen LogP contribution in [0.2, 0.25) is 0 Å². The van der Waals surface area contributed by atoms with Crippen LogP contribution >= 0.6 is 0 Å². The van der Waals surface area contributed by atoms with Gasteiger partial charge in [0.25, 0.3) is 0 Å². The average molecular weight is 335 g/mol. The van der Waals surface area contributed by atoms with E-state index in [2.05, 4.69) is 21.2 Å². The van der Waals surface area contributed by atoms with Crippen molar-refractivity contribution in [2.75, 3.05) is 32.7 Å². The van der Waals surface area contributed by atoms with E-state index >= 15 is 0 Å². The first-order valence-electron chi connectivity index (χ1n) is 9.63. The van der Waals surface area contributed by atoms with Crippen LogP contribution in [0.1, 0.15) is 59.3 Å². The molecular formula is C19H34N4O. The van der Waals surface area contributed by atoms with Gasteiger partial charge in [-0.15, -0.1) is 0 Å². The van der Waals surface area contributed by atoms with Gasteiger partial charge >= 0.3 is 0 Å². The van der Waals surface area contributed by atoms with E-state index in [4.69, 9.17) is 0 Å². The summed E-state index contributed by atoms with van der Waals surface area (Å²) in [5.41, 5.74) is -0.781. The Morgan fingerprint density at radius 3 is 2.46 bits per heavy atom. The fraction of sp³-hybridized carbons (Fsp3) is 0.895. The molecular weight excluding hydrogens is 300 g/mol. The molecule has 5 nitrogen and oxygen atoms in total. The second kappa shape index (κ2) is 8.82. The maximum Gasteiger partial charge on any atom is 0.235 e. The standard InChI is InChI=1S/C19H34N4O/c1-16(2)19(3,15-20)21-18(24)14-22-10-8-9-17(13-22)23-11-6-4-5-7-12-23/h16-17H,4-14H2,1-3H3,(H,21,24)/t17-,19+/m1/s1. The van der Waals surface area contributed by atoms with Gasteiger partial charge < -0.3 is 5.32 Å². The van der Waals surface area contributed by atoms with Crippen LogP contribution in [0.5, 0.6) is 0 Å². The molecule has 24 heavy (non-hydrogen) atoms. The largest absolute Gasteiger partial charge is 0.337 e. The number of amides is 1. The van der Waals surface area contributed by atoms with Crippen LogP contribution in [0.15, 0.2) is 0 Å². The molecule has 0 unspecified atom stereocenters. The maximum absolute atomic E-state index is 12.4. The third-order valence-corrected chi connectivity index (χ3v) is 5.79. The predicted octanol–water partition coefficient (Wildman–Crippen LogP) is 2.38. The van der Waals surface area contributed by atoms with Gasteiger partial charge in [-0.1, -0.05) is 26.7 Å². The fourth-order valence-electron chi connectivity index (χ4n) is 3.77. The normalized spacial score (nSPS) is 26.4. The molecule has 1 N–H and O–H groups in total. The average Bonchev–Trinajstić information content (AvgIpc) is 2.84. The van der Waals surface area contributed by atoms with E-state index in [0.717, 1.165) is 19.5 Å². The molecule has 0 spiro atoms. The van der Waals surface area contributed by atoms with Crippen LogP contribution in [0.3, 0.4) is 0 Å². The van der Waals surface area contributed by atoms with Gasteiger partial charge in [0.2, 0.25) is 5.91 Å². The summed E-state index contributed by atoms with van der Waals surface area (Å²) in [5.74, 6) is 0.0712. The second-order valence-corrected chi connectivity index (χ2v) is 8.00. The Labute approximate surface area is 147 Å². The number of carbonyl (C=O) groups is 1. The van der Waals surface area contributed by atoms with Crippen molar-refractivity contribution < 1.29 is 4.79 Å². The first-order valence-corrected chi connectivity index (χ1v) is 9.63. The van der Waals surface area contributed by atoms with Crippen molar-refractivity contribution in [2.24, 2.45) is 5.92 Å². The van der Waals surface area contributed by atoms with Crippen LogP contribution in [-0.4, -0.2) is 60.0 Å². The lowest BCUT2D eigenvalue weighted by Crippen LogP contribution is -2.54. The predicted molar refractivity (Wildman–Crippen MR) is 96.5 cm³/mol. The first kappa shape index (κ1) is 19.2. The van der Waals surface area contributed by atoms with Crippen molar-refractivity contribution in [3.63, 3.8) is 0 Å². The summed E-state index contributed by atoms with van der Waals surface area (Å²) < 4.78 is 0. The minimum atomic E-state index is -0.781. The number of nitrogens with zero attached hydrogens (tertiary/aromatic N) is 3. The monoisotopic (exact) mass is 334 g/mol. The molecule has 2 rings (SSSR count). The number of hydrogen-bond donors (Lipinski definition) is 1. The number of likely N-dealkylation sites (tertiary alicyclic amines) is 2. The quantitative estimate of drug-likeness (QED) is 0.838. The van der Waals surface area contributed by atoms with E-state index in [1.807, 2.05) is 20.8 Å². The Balaban J connectivity index is 1.86. The van der Waals surface area contributed by atoms with Crippen molar-refractivity contribution in [3.05, 3.63) is 0 Å². The minimum Gasteiger partial charge on any atom is -0.337 e. The summed E-state index contributed by atoms with van der Waals surface area (Å²) in [6, 6.07) is 2.85. The number of nitriles is 1. The highest BCUT2D eigenvalue weighted by molar-refractivity contribution is 5.79. The lowest BCUT2D eigenvalue weighted by Gasteiger charge is -2.39. The fourth-order valence-corrected chi connectivity index (χ4v) is 3.77. The number of piperidine rings is 1. The highest BCUT2D eigenvalue weighted by Crippen LogP contribution is 2.20. The van der Waals surface area contributed by atoms with E-state index in [9.17, 15) is 10.1 Å². The Hall–Kier alpha value is -1.12. The van der Waals surface area contributed by atoms with Crippen molar-refractivity contribution >= 4 is 5.91 Å². The molecule has 0 aromatic heterocycles. The van der Waals surface area contributed by atoms with Gasteiger partial charge in [0.1, 0.15) is 5.54 Å². The second-order valence-electron chi connectivity index (χ2n) is 8.00. The zero-order valence-corrected chi connectivity index (χ0v) is 15.7. The van der Waals surface area contributed by atoms with Crippen LogP contribution in [-0.2, 0) is 4.79 Å². The van der Waals surface area contributed by atoms with E-state index in [0.29, 0.717) is 12.6 Å². The molecule has 0 aromatic carbocycles. The molecule has 0 aromatic rings. The Morgan fingerprint density at radius 1 is 1.21 bits per heavy atom. The van der Waals surface area contributed by atoms with E-state index in [1.165, 1.54) is 45.2 Å². The number of carbonyl (C=O) groups excluding carboxylic acids is 1. The number of rotatable bonds is 5. The van der Waals surface area contributed by atoms with Gasteiger partial charge in [0.15, 0.2) is 0 Å². The molecule has 136 valence electrons. The van der Waals surface area contributed by atoms with Crippen LogP contribution in [0.4, 0.5) is 0 Å². The molecule has 1 amide bonds. The number of hydrogen-bond acceptors (Lipinski definition) is 4. The molecule has 2 atom stereocenters. The highest BCUT2D eigenvalue weighted by atomic mass is 16.2. The summed E-state index contributed by atoms with van der Waals surface area (Å²) >= 11 is 0. The van der Waals surface area contributed by atoms with Crippen LogP contribution < -0.4 is 5.32 Å². The molecule has 5 heteroatoms. The Kier molecular flexibility index (Phi) is 7.06. The van der Waals surface area contributed by atoms with Gasteiger partial charge in [-0.2, -0.15) is 5.26 Å². The Bertz CT molecular complexity index is 451. The van der Waals surface area contributed by atoms with Crippen molar-refractivity contribution in [2.45, 2.75) is 70.9 Å². The minimum absolute atomic E-state index is 0.0238. The molecule has 0 saturated carbocycles. The summed E-state index contributed by atoms with van der Waals surface area (Å²) in [7, 11) is 0. The Morgan fingerprint density at radius 2 is 1.88 bits per heavy atom. The molecule has 2 saturated heterocycles. The van der Waals surface area contributed by atoms with E-state index in [-0.39, 0.29) is 11.8 Å². The van der Waals surface area contributed by atoms with Crippen LogP contribution in [0, 0.1) is 17.2 Å². The van der Waals surface area contributed by atoms with E-state index < -0.39 is 5.54 Å². The molecule has 2 heterocycles.